The monoisotopic (exact) mass is 392 g/mol. The highest BCUT2D eigenvalue weighted by Gasteiger charge is 2.31. The maximum absolute atomic E-state index is 12.9. The van der Waals surface area contributed by atoms with E-state index in [2.05, 4.69) is 5.32 Å². The Morgan fingerprint density at radius 2 is 1.85 bits per heavy atom. The number of anilines is 1. The number of benzene rings is 1. The summed E-state index contributed by atoms with van der Waals surface area (Å²) in [6.45, 7) is 2.42. The molecule has 1 aromatic carbocycles. The lowest BCUT2D eigenvalue weighted by Crippen LogP contribution is -2.36. The fourth-order valence-corrected chi connectivity index (χ4v) is 5.73. The van der Waals surface area contributed by atoms with Crippen LogP contribution in [0.15, 0.2) is 40.6 Å². The summed E-state index contributed by atoms with van der Waals surface area (Å²) < 4.78 is 27.2. The lowest BCUT2D eigenvalue weighted by molar-refractivity contribution is 0.101. The van der Waals surface area contributed by atoms with Gasteiger partial charge in [0.15, 0.2) is 5.78 Å². The lowest BCUT2D eigenvalue weighted by Gasteiger charge is -2.25. The topological polar surface area (TPSA) is 83.5 Å². The first kappa shape index (κ1) is 18.8. The number of amides is 1. The van der Waals surface area contributed by atoms with Crippen LogP contribution in [0.25, 0.3) is 0 Å². The van der Waals surface area contributed by atoms with Crippen molar-refractivity contribution in [1.82, 2.24) is 4.31 Å². The third kappa shape index (κ3) is 3.87. The van der Waals surface area contributed by atoms with Crippen molar-refractivity contribution in [3.05, 3.63) is 46.2 Å². The van der Waals surface area contributed by atoms with Crippen molar-refractivity contribution in [2.45, 2.75) is 31.1 Å². The molecule has 1 fully saturated rings. The molecule has 0 atom stereocenters. The van der Waals surface area contributed by atoms with E-state index in [1.54, 1.807) is 29.6 Å². The second-order valence-corrected chi connectivity index (χ2v) is 8.99. The molecule has 0 saturated carbocycles. The minimum atomic E-state index is -3.68. The van der Waals surface area contributed by atoms with Gasteiger partial charge in [-0.15, -0.1) is 11.3 Å². The second kappa shape index (κ2) is 7.69. The predicted octanol–water partition coefficient (Wildman–Crippen LogP) is 3.38. The fraction of sp³-hybridized carbons (Fsp3) is 0.333. The van der Waals surface area contributed by atoms with Gasteiger partial charge in [0.1, 0.15) is 9.77 Å². The van der Waals surface area contributed by atoms with E-state index in [-0.39, 0.29) is 15.6 Å². The van der Waals surface area contributed by atoms with Crippen molar-refractivity contribution in [1.29, 1.82) is 0 Å². The summed E-state index contributed by atoms with van der Waals surface area (Å²) in [7, 11) is -3.68. The Morgan fingerprint density at radius 3 is 2.54 bits per heavy atom. The van der Waals surface area contributed by atoms with E-state index in [9.17, 15) is 18.0 Å². The molecule has 2 heterocycles. The molecule has 26 heavy (non-hydrogen) atoms. The van der Waals surface area contributed by atoms with Crippen LogP contribution in [0.3, 0.4) is 0 Å². The molecule has 0 spiro atoms. The van der Waals surface area contributed by atoms with Crippen LogP contribution in [0.2, 0.25) is 0 Å². The highest BCUT2D eigenvalue weighted by Crippen LogP contribution is 2.28. The number of piperidine rings is 1. The van der Waals surface area contributed by atoms with Gasteiger partial charge >= 0.3 is 0 Å². The largest absolute Gasteiger partial charge is 0.321 e. The first-order valence-electron chi connectivity index (χ1n) is 8.39. The van der Waals surface area contributed by atoms with E-state index in [1.165, 1.54) is 17.3 Å². The van der Waals surface area contributed by atoms with Crippen molar-refractivity contribution < 1.29 is 18.0 Å². The molecule has 6 nitrogen and oxygen atoms in total. The summed E-state index contributed by atoms with van der Waals surface area (Å²) in [6.07, 6.45) is 2.70. The molecular formula is C18H20N2O4S2. The van der Waals surface area contributed by atoms with Crippen LogP contribution in [0, 0.1) is 0 Å². The predicted molar refractivity (Wildman–Crippen MR) is 101 cm³/mol. The lowest BCUT2D eigenvalue weighted by atomic mass is 10.1. The van der Waals surface area contributed by atoms with Crippen molar-refractivity contribution >= 4 is 38.7 Å². The van der Waals surface area contributed by atoms with Gasteiger partial charge in [-0.1, -0.05) is 18.6 Å². The SMILES string of the molecule is CC(=O)c1cccc(NC(=O)c2sccc2S(=O)(=O)N2CCCCC2)c1. The number of nitrogens with one attached hydrogen (secondary N) is 1. The van der Waals surface area contributed by atoms with Gasteiger partial charge in [-0.3, -0.25) is 9.59 Å². The molecule has 0 radical (unpaired) electrons. The number of rotatable bonds is 5. The van der Waals surface area contributed by atoms with E-state index >= 15 is 0 Å². The number of carbonyl (C=O) groups excluding carboxylic acids is 2. The Kier molecular flexibility index (Phi) is 5.55. The molecular weight excluding hydrogens is 372 g/mol. The molecule has 1 aliphatic rings. The molecule has 3 rings (SSSR count). The summed E-state index contributed by atoms with van der Waals surface area (Å²) in [4.78, 5) is 24.3. The molecule has 138 valence electrons. The zero-order valence-electron chi connectivity index (χ0n) is 14.4. The third-order valence-electron chi connectivity index (χ3n) is 4.30. The van der Waals surface area contributed by atoms with Gasteiger partial charge in [0, 0.05) is 24.3 Å². The van der Waals surface area contributed by atoms with Gasteiger partial charge < -0.3 is 5.32 Å². The Balaban J connectivity index is 1.85. The van der Waals surface area contributed by atoms with E-state index < -0.39 is 15.9 Å². The van der Waals surface area contributed by atoms with E-state index in [0.29, 0.717) is 24.3 Å². The molecule has 1 amide bonds. The van der Waals surface area contributed by atoms with Crippen molar-refractivity contribution in [2.75, 3.05) is 18.4 Å². The summed E-state index contributed by atoms with van der Waals surface area (Å²) in [6, 6.07) is 8.06. The molecule has 8 heteroatoms. The first-order valence-corrected chi connectivity index (χ1v) is 10.7. The highest BCUT2D eigenvalue weighted by molar-refractivity contribution is 7.89. The molecule has 0 aliphatic carbocycles. The van der Waals surface area contributed by atoms with Crippen molar-refractivity contribution in [3.63, 3.8) is 0 Å². The number of Topliss-reactive ketones (excluding diaryl/α,β-unsaturated/α-hetero) is 1. The van der Waals surface area contributed by atoms with Gasteiger partial charge in [0.25, 0.3) is 5.91 Å². The summed E-state index contributed by atoms with van der Waals surface area (Å²) >= 11 is 1.09. The van der Waals surface area contributed by atoms with E-state index in [0.717, 1.165) is 30.6 Å². The van der Waals surface area contributed by atoms with Crippen molar-refractivity contribution in [2.24, 2.45) is 0 Å². The molecule has 1 saturated heterocycles. The molecule has 1 aliphatic heterocycles. The van der Waals surface area contributed by atoms with Crippen LogP contribution in [0.4, 0.5) is 5.69 Å². The Bertz CT molecular complexity index is 928. The number of sulfonamides is 1. The molecule has 2 aromatic rings. The second-order valence-electron chi connectivity index (χ2n) is 6.17. The summed E-state index contributed by atoms with van der Waals surface area (Å²) in [5.74, 6) is -0.595. The number of hydrogen-bond acceptors (Lipinski definition) is 5. The Hall–Kier alpha value is -2.03. The summed E-state index contributed by atoms with van der Waals surface area (Å²) in [5.41, 5.74) is 0.938. The van der Waals surface area contributed by atoms with Gasteiger partial charge in [-0.2, -0.15) is 4.31 Å². The maximum Gasteiger partial charge on any atom is 0.267 e. The van der Waals surface area contributed by atoms with Gasteiger partial charge in [-0.25, -0.2) is 8.42 Å². The molecule has 0 unspecified atom stereocenters. The average Bonchev–Trinajstić information content (AvgIpc) is 3.13. The zero-order valence-corrected chi connectivity index (χ0v) is 16.0. The van der Waals surface area contributed by atoms with Crippen LogP contribution in [0.1, 0.15) is 46.2 Å². The van der Waals surface area contributed by atoms with Crippen LogP contribution in [-0.2, 0) is 10.0 Å². The van der Waals surface area contributed by atoms with Gasteiger partial charge in [0.2, 0.25) is 10.0 Å². The Morgan fingerprint density at radius 1 is 1.12 bits per heavy atom. The average molecular weight is 393 g/mol. The molecule has 0 bridgehead atoms. The maximum atomic E-state index is 12.9. The number of thiophene rings is 1. The minimum absolute atomic E-state index is 0.0459. The third-order valence-corrected chi connectivity index (χ3v) is 7.28. The van der Waals surface area contributed by atoms with Gasteiger partial charge in [0.05, 0.1) is 0 Å². The minimum Gasteiger partial charge on any atom is -0.321 e. The van der Waals surface area contributed by atoms with Crippen LogP contribution in [-0.4, -0.2) is 37.5 Å². The zero-order chi connectivity index (χ0) is 18.7. The highest BCUT2D eigenvalue weighted by atomic mass is 32.2. The molecule has 1 N–H and O–H groups in total. The number of ketones is 1. The van der Waals surface area contributed by atoms with Gasteiger partial charge in [-0.05, 0) is 43.3 Å². The standard InChI is InChI=1S/C18H20N2O4S2/c1-13(21)14-6-5-7-15(12-14)19-18(22)17-16(8-11-25-17)26(23,24)20-9-3-2-4-10-20/h5-8,11-12H,2-4,9-10H2,1H3,(H,19,22). The summed E-state index contributed by atoms with van der Waals surface area (Å²) in [5, 5.41) is 4.30. The first-order chi connectivity index (χ1) is 12.4. The fourth-order valence-electron chi connectivity index (χ4n) is 2.91. The number of hydrogen-bond donors (Lipinski definition) is 1. The quantitative estimate of drug-likeness (QED) is 0.791. The van der Waals surface area contributed by atoms with Crippen molar-refractivity contribution in [3.8, 4) is 0 Å². The van der Waals surface area contributed by atoms with Crippen LogP contribution in [0.5, 0.6) is 0 Å². The normalized spacial score (nSPS) is 15.6. The number of carbonyl (C=O) groups is 2. The smallest absolute Gasteiger partial charge is 0.267 e. The van der Waals surface area contributed by atoms with Crippen LogP contribution < -0.4 is 5.32 Å². The number of nitrogens with zero attached hydrogens (tertiary/aromatic N) is 1. The molecule has 1 aromatic heterocycles. The van der Waals surface area contributed by atoms with E-state index in [4.69, 9.17) is 0 Å². The Labute approximate surface area is 156 Å². The van der Waals surface area contributed by atoms with Crippen LogP contribution >= 0.6 is 11.3 Å². The van der Waals surface area contributed by atoms with E-state index in [1.807, 2.05) is 0 Å².